The van der Waals surface area contributed by atoms with Gasteiger partial charge >= 0.3 is 0 Å². The molecule has 0 saturated carbocycles. The highest BCUT2D eigenvalue weighted by molar-refractivity contribution is 7.09. The standard InChI is InChI=1S/C21H30N6OS/c1-16-6-4-8-19(24-16)27-11-9-17(10-12-27)25-21(23-15-20(28)26(2)3)22-14-18-7-5-13-29-18/h4-8,13,17H,9-12,14-15H2,1-3H3,(H2,22,23,25). The van der Waals surface area contributed by atoms with Crippen LogP contribution in [-0.4, -0.2) is 61.5 Å². The van der Waals surface area contributed by atoms with Gasteiger partial charge in [-0.05, 0) is 43.3 Å². The Morgan fingerprint density at radius 3 is 2.72 bits per heavy atom. The number of pyridine rings is 1. The maximum atomic E-state index is 12.0. The molecule has 1 saturated heterocycles. The first kappa shape index (κ1) is 21.1. The van der Waals surface area contributed by atoms with Gasteiger partial charge in [0.05, 0.1) is 6.54 Å². The van der Waals surface area contributed by atoms with Gasteiger partial charge in [-0.25, -0.2) is 9.98 Å². The minimum Gasteiger partial charge on any atom is -0.356 e. The van der Waals surface area contributed by atoms with Gasteiger partial charge in [-0.3, -0.25) is 4.79 Å². The van der Waals surface area contributed by atoms with Crippen LogP contribution in [0, 0.1) is 6.92 Å². The Kier molecular flexibility index (Phi) is 7.46. The lowest BCUT2D eigenvalue weighted by Crippen LogP contribution is -2.49. The Balaban J connectivity index is 1.57. The Labute approximate surface area is 176 Å². The van der Waals surface area contributed by atoms with E-state index in [4.69, 9.17) is 0 Å². The molecule has 7 nitrogen and oxygen atoms in total. The second-order valence-electron chi connectivity index (χ2n) is 7.43. The van der Waals surface area contributed by atoms with Crippen LogP contribution in [-0.2, 0) is 11.3 Å². The van der Waals surface area contributed by atoms with E-state index in [-0.39, 0.29) is 12.5 Å². The van der Waals surface area contributed by atoms with Crippen LogP contribution in [0.3, 0.4) is 0 Å². The van der Waals surface area contributed by atoms with Crippen molar-refractivity contribution in [2.45, 2.75) is 32.4 Å². The van der Waals surface area contributed by atoms with E-state index in [0.29, 0.717) is 18.5 Å². The van der Waals surface area contributed by atoms with Crippen molar-refractivity contribution in [3.8, 4) is 0 Å². The minimum atomic E-state index is -0.0115. The molecule has 0 aliphatic carbocycles. The maximum Gasteiger partial charge on any atom is 0.243 e. The van der Waals surface area contributed by atoms with Gasteiger partial charge in [-0.15, -0.1) is 11.3 Å². The molecule has 3 rings (SSSR count). The molecule has 1 fully saturated rings. The first-order valence-corrected chi connectivity index (χ1v) is 10.8. The summed E-state index contributed by atoms with van der Waals surface area (Å²) in [6.45, 7) is 4.76. The van der Waals surface area contributed by atoms with Crippen molar-refractivity contribution in [2.75, 3.05) is 38.6 Å². The first-order chi connectivity index (χ1) is 14.0. The number of amides is 1. The van der Waals surface area contributed by atoms with Gasteiger partial charge < -0.3 is 20.4 Å². The average Bonchev–Trinajstić information content (AvgIpc) is 3.24. The summed E-state index contributed by atoms with van der Waals surface area (Å²) in [6, 6.07) is 10.6. The van der Waals surface area contributed by atoms with Gasteiger partial charge in [0.2, 0.25) is 5.91 Å². The lowest BCUT2D eigenvalue weighted by atomic mass is 10.1. The molecule has 156 valence electrons. The van der Waals surface area contributed by atoms with Crippen LogP contribution in [0.15, 0.2) is 40.7 Å². The number of hydrogen-bond donors (Lipinski definition) is 2. The van der Waals surface area contributed by atoms with Crippen molar-refractivity contribution in [3.63, 3.8) is 0 Å². The average molecular weight is 415 g/mol. The molecule has 2 aromatic heterocycles. The number of carbonyl (C=O) groups excluding carboxylic acids is 1. The van der Waals surface area contributed by atoms with Crippen LogP contribution in [0.1, 0.15) is 23.4 Å². The number of anilines is 1. The zero-order valence-electron chi connectivity index (χ0n) is 17.4. The fourth-order valence-electron chi connectivity index (χ4n) is 3.18. The molecule has 2 N–H and O–H groups in total. The number of rotatable bonds is 6. The van der Waals surface area contributed by atoms with E-state index in [9.17, 15) is 4.79 Å². The summed E-state index contributed by atoms with van der Waals surface area (Å²) < 4.78 is 0. The Hall–Kier alpha value is -2.61. The molecule has 8 heteroatoms. The molecule has 3 heterocycles. The molecule has 0 spiro atoms. The van der Waals surface area contributed by atoms with Crippen molar-refractivity contribution < 1.29 is 4.79 Å². The van der Waals surface area contributed by atoms with E-state index < -0.39 is 0 Å². The lowest BCUT2D eigenvalue weighted by molar-refractivity contribution is -0.127. The normalized spacial score (nSPS) is 15.3. The third kappa shape index (κ3) is 6.45. The van der Waals surface area contributed by atoms with Gasteiger partial charge in [-0.1, -0.05) is 12.1 Å². The van der Waals surface area contributed by atoms with Crippen molar-refractivity contribution in [1.29, 1.82) is 0 Å². The fraction of sp³-hybridized carbons (Fsp3) is 0.476. The minimum absolute atomic E-state index is 0.0115. The summed E-state index contributed by atoms with van der Waals surface area (Å²) in [5.74, 6) is 1.73. The van der Waals surface area contributed by atoms with Crippen molar-refractivity contribution >= 4 is 29.0 Å². The van der Waals surface area contributed by atoms with Crippen LogP contribution < -0.4 is 15.5 Å². The Morgan fingerprint density at radius 2 is 2.07 bits per heavy atom. The maximum absolute atomic E-state index is 12.0. The number of carbonyl (C=O) groups is 1. The topological polar surface area (TPSA) is 72.9 Å². The number of piperidine rings is 1. The van der Waals surface area contributed by atoms with Gasteiger partial charge in [0.25, 0.3) is 0 Å². The number of thiophene rings is 1. The number of hydrogen-bond acceptors (Lipinski definition) is 5. The third-order valence-electron chi connectivity index (χ3n) is 4.91. The zero-order valence-corrected chi connectivity index (χ0v) is 18.2. The molecule has 0 bridgehead atoms. The fourth-order valence-corrected chi connectivity index (χ4v) is 3.82. The highest BCUT2D eigenvalue weighted by Crippen LogP contribution is 2.18. The number of nitrogens with zero attached hydrogens (tertiary/aromatic N) is 4. The highest BCUT2D eigenvalue weighted by atomic mass is 32.1. The van der Waals surface area contributed by atoms with Crippen LogP contribution in [0.5, 0.6) is 0 Å². The van der Waals surface area contributed by atoms with E-state index in [1.165, 1.54) is 4.88 Å². The van der Waals surface area contributed by atoms with E-state index in [1.54, 1.807) is 30.3 Å². The molecule has 1 aliphatic rings. The van der Waals surface area contributed by atoms with E-state index >= 15 is 0 Å². The van der Waals surface area contributed by atoms with Gasteiger partial charge in [-0.2, -0.15) is 0 Å². The lowest BCUT2D eigenvalue weighted by Gasteiger charge is -2.34. The molecule has 1 amide bonds. The van der Waals surface area contributed by atoms with Gasteiger partial charge in [0.15, 0.2) is 5.96 Å². The highest BCUT2D eigenvalue weighted by Gasteiger charge is 2.21. The second-order valence-corrected chi connectivity index (χ2v) is 8.46. The summed E-state index contributed by atoms with van der Waals surface area (Å²) in [7, 11) is 3.50. The molecule has 0 aromatic carbocycles. The molecular weight excluding hydrogens is 384 g/mol. The molecular formula is C21H30N6OS. The van der Waals surface area contributed by atoms with Crippen molar-refractivity contribution in [3.05, 3.63) is 46.3 Å². The first-order valence-electron chi connectivity index (χ1n) is 9.97. The van der Waals surface area contributed by atoms with Crippen molar-refractivity contribution in [1.82, 2.24) is 20.5 Å². The number of nitrogens with one attached hydrogen (secondary N) is 2. The van der Waals surface area contributed by atoms with Crippen LogP contribution in [0.4, 0.5) is 5.82 Å². The van der Waals surface area contributed by atoms with Crippen LogP contribution in [0.25, 0.3) is 0 Å². The molecule has 29 heavy (non-hydrogen) atoms. The Morgan fingerprint density at radius 1 is 1.28 bits per heavy atom. The van der Waals surface area contributed by atoms with Gasteiger partial charge in [0.1, 0.15) is 12.4 Å². The molecule has 1 aliphatic heterocycles. The Bertz CT molecular complexity index is 812. The van der Waals surface area contributed by atoms with E-state index in [0.717, 1.165) is 37.4 Å². The molecule has 2 aromatic rings. The quantitative estimate of drug-likeness (QED) is 0.560. The van der Waals surface area contributed by atoms with Crippen LogP contribution >= 0.6 is 11.3 Å². The molecule has 0 atom stereocenters. The van der Waals surface area contributed by atoms with E-state index in [2.05, 4.69) is 49.1 Å². The SMILES string of the molecule is Cc1cccc(N2CCC(NC(=NCC(=O)N(C)C)NCc3cccs3)CC2)n1. The smallest absolute Gasteiger partial charge is 0.243 e. The zero-order chi connectivity index (χ0) is 20.6. The summed E-state index contributed by atoms with van der Waals surface area (Å²) >= 11 is 1.71. The number of guanidine groups is 1. The van der Waals surface area contributed by atoms with E-state index in [1.807, 2.05) is 19.1 Å². The monoisotopic (exact) mass is 414 g/mol. The molecule has 0 radical (unpaired) electrons. The summed E-state index contributed by atoms with van der Waals surface area (Å²) in [4.78, 5) is 26.2. The number of aryl methyl sites for hydroxylation is 1. The predicted molar refractivity (Wildman–Crippen MR) is 119 cm³/mol. The largest absolute Gasteiger partial charge is 0.356 e. The number of aliphatic imine (C=N–C) groups is 1. The number of aromatic nitrogens is 1. The van der Waals surface area contributed by atoms with Gasteiger partial charge in [0, 0.05) is 43.8 Å². The predicted octanol–water partition coefficient (Wildman–Crippen LogP) is 2.24. The summed E-state index contributed by atoms with van der Waals surface area (Å²) in [5, 5.41) is 8.95. The second kappa shape index (κ2) is 10.2. The summed E-state index contributed by atoms with van der Waals surface area (Å²) in [6.07, 6.45) is 1.99. The summed E-state index contributed by atoms with van der Waals surface area (Å²) in [5.41, 5.74) is 1.04. The van der Waals surface area contributed by atoms with Crippen molar-refractivity contribution in [2.24, 2.45) is 4.99 Å². The molecule has 0 unspecified atom stereocenters. The number of likely N-dealkylation sites (N-methyl/N-ethyl adjacent to an activating group) is 1. The third-order valence-corrected chi connectivity index (χ3v) is 5.79. The van der Waals surface area contributed by atoms with Crippen LogP contribution in [0.2, 0.25) is 0 Å².